The van der Waals surface area contributed by atoms with Gasteiger partial charge in [0.1, 0.15) is 6.04 Å². The fraction of sp³-hybridized carbons (Fsp3) is 0.269. The molecule has 0 bridgehead atoms. The molecule has 0 saturated heterocycles. The summed E-state index contributed by atoms with van der Waals surface area (Å²) < 4.78 is 9.78. The van der Waals surface area contributed by atoms with E-state index in [9.17, 15) is 9.59 Å². The first kappa shape index (κ1) is 22.6. The molecule has 3 aromatic heterocycles. The smallest absolute Gasteiger partial charge is 0.338 e. The molecule has 6 nitrogen and oxygen atoms in total. The predicted octanol–water partition coefficient (Wildman–Crippen LogP) is 4.40. The Balaban J connectivity index is 1.74. The first-order chi connectivity index (χ1) is 16.4. The lowest BCUT2D eigenvalue weighted by Gasteiger charge is -2.23. The Bertz CT molecular complexity index is 1600. The number of benzene rings is 1. The molecule has 8 heteroatoms. The van der Waals surface area contributed by atoms with Gasteiger partial charge in [0.2, 0.25) is 0 Å². The number of hydrogen-bond acceptors (Lipinski definition) is 6. The van der Waals surface area contributed by atoms with Crippen molar-refractivity contribution in [2.24, 2.45) is 4.99 Å². The van der Waals surface area contributed by atoms with Crippen LogP contribution in [-0.2, 0) is 9.53 Å². The van der Waals surface area contributed by atoms with Crippen LogP contribution in [-0.4, -0.2) is 21.7 Å². The molecule has 0 radical (unpaired) electrons. The predicted molar refractivity (Wildman–Crippen MR) is 137 cm³/mol. The highest BCUT2D eigenvalue weighted by Crippen LogP contribution is 2.33. The van der Waals surface area contributed by atoms with Crippen molar-refractivity contribution < 1.29 is 9.53 Å². The van der Waals surface area contributed by atoms with E-state index in [1.165, 1.54) is 22.7 Å². The molecule has 0 N–H and O–H groups in total. The zero-order chi connectivity index (χ0) is 24.0. The number of rotatable bonds is 5. The Morgan fingerprint density at radius 1 is 1.24 bits per heavy atom. The van der Waals surface area contributed by atoms with E-state index in [1.54, 1.807) is 18.4 Å². The summed E-state index contributed by atoms with van der Waals surface area (Å²) in [7, 11) is 0. The Morgan fingerprint density at radius 3 is 2.74 bits per heavy atom. The van der Waals surface area contributed by atoms with Crippen molar-refractivity contribution in [1.82, 2.24) is 9.13 Å². The number of nitrogens with zero attached hydrogens (tertiary/aromatic N) is 3. The third-order valence-electron chi connectivity index (χ3n) is 5.94. The Hall–Kier alpha value is -3.23. The Morgan fingerprint density at radius 2 is 2.03 bits per heavy atom. The monoisotopic (exact) mass is 491 g/mol. The first-order valence-corrected chi connectivity index (χ1v) is 12.9. The van der Waals surface area contributed by atoms with E-state index in [2.05, 4.69) is 41.7 Å². The minimum absolute atomic E-state index is 0.155. The van der Waals surface area contributed by atoms with E-state index in [4.69, 9.17) is 4.74 Å². The second-order valence-electron chi connectivity index (χ2n) is 8.42. The number of ether oxygens (including phenoxy) is 1. The molecule has 1 aliphatic heterocycles. The van der Waals surface area contributed by atoms with E-state index in [0.717, 1.165) is 21.3 Å². The summed E-state index contributed by atoms with van der Waals surface area (Å²) >= 11 is 2.86. The lowest BCUT2D eigenvalue weighted by molar-refractivity contribution is -0.139. The summed E-state index contributed by atoms with van der Waals surface area (Å²) in [6.07, 6.45) is 4.04. The number of para-hydroxylation sites is 1. The van der Waals surface area contributed by atoms with Crippen molar-refractivity contribution in [2.45, 2.75) is 39.8 Å². The number of esters is 1. The Kier molecular flexibility index (Phi) is 5.87. The molecule has 1 aliphatic rings. The molecule has 0 amide bonds. The highest BCUT2D eigenvalue weighted by Gasteiger charge is 2.33. The lowest BCUT2D eigenvalue weighted by Crippen LogP contribution is -2.39. The quantitative estimate of drug-likeness (QED) is 0.389. The minimum Gasteiger partial charge on any atom is -0.463 e. The van der Waals surface area contributed by atoms with Gasteiger partial charge in [-0.1, -0.05) is 35.6 Å². The number of thiophene rings is 1. The van der Waals surface area contributed by atoms with Crippen LogP contribution in [0.15, 0.2) is 69.0 Å². The number of carbonyl (C=O) groups is 1. The first-order valence-electron chi connectivity index (χ1n) is 11.2. The molecule has 5 rings (SSSR count). The normalized spacial score (nSPS) is 16.3. The molecule has 1 aromatic carbocycles. The van der Waals surface area contributed by atoms with Gasteiger partial charge in [-0.25, -0.2) is 9.79 Å². The average molecular weight is 492 g/mol. The van der Waals surface area contributed by atoms with E-state index in [-0.39, 0.29) is 12.2 Å². The Labute approximate surface area is 204 Å². The highest BCUT2D eigenvalue weighted by atomic mass is 32.1. The van der Waals surface area contributed by atoms with Gasteiger partial charge in [-0.15, -0.1) is 11.3 Å². The summed E-state index contributed by atoms with van der Waals surface area (Å²) in [5.74, 6) is -0.434. The molecular weight excluding hydrogens is 466 g/mol. The summed E-state index contributed by atoms with van der Waals surface area (Å²) in [6, 6.07) is 11.8. The van der Waals surface area contributed by atoms with Crippen molar-refractivity contribution in [3.63, 3.8) is 0 Å². The second kappa shape index (κ2) is 8.85. The van der Waals surface area contributed by atoms with Gasteiger partial charge in [0.05, 0.1) is 22.4 Å². The average Bonchev–Trinajstić information content (AvgIpc) is 3.53. The van der Waals surface area contributed by atoms with Crippen LogP contribution in [0.2, 0.25) is 0 Å². The fourth-order valence-electron chi connectivity index (χ4n) is 4.42. The maximum atomic E-state index is 13.7. The summed E-state index contributed by atoms with van der Waals surface area (Å²) in [6.45, 7) is 8.13. The third-order valence-corrected chi connectivity index (χ3v) is 7.85. The zero-order valence-electron chi connectivity index (χ0n) is 19.4. The minimum atomic E-state index is -0.547. The summed E-state index contributed by atoms with van der Waals surface area (Å²) in [4.78, 5) is 32.8. The zero-order valence-corrected chi connectivity index (χ0v) is 21.1. The van der Waals surface area contributed by atoms with Gasteiger partial charge in [0, 0.05) is 33.6 Å². The van der Waals surface area contributed by atoms with E-state index in [0.29, 0.717) is 26.6 Å². The molecule has 4 aromatic rings. The van der Waals surface area contributed by atoms with Crippen LogP contribution in [0.1, 0.15) is 50.2 Å². The van der Waals surface area contributed by atoms with E-state index < -0.39 is 12.0 Å². The second-order valence-corrected chi connectivity index (χ2v) is 10.4. The van der Waals surface area contributed by atoms with Crippen molar-refractivity contribution in [2.75, 3.05) is 6.61 Å². The van der Waals surface area contributed by atoms with Crippen molar-refractivity contribution in [3.8, 4) is 0 Å². The van der Waals surface area contributed by atoms with Gasteiger partial charge in [0.25, 0.3) is 5.56 Å². The highest BCUT2D eigenvalue weighted by molar-refractivity contribution is 7.10. The molecule has 0 unspecified atom stereocenters. The van der Waals surface area contributed by atoms with Crippen LogP contribution in [0.25, 0.3) is 17.0 Å². The number of aromatic nitrogens is 2. The molecule has 0 spiro atoms. The largest absolute Gasteiger partial charge is 0.463 e. The number of hydrogen-bond donors (Lipinski definition) is 0. The lowest BCUT2D eigenvalue weighted by atomic mass is 10.0. The van der Waals surface area contributed by atoms with Crippen LogP contribution in [0.3, 0.4) is 0 Å². The summed E-state index contributed by atoms with van der Waals surface area (Å²) in [5.41, 5.74) is 2.97. The third kappa shape index (κ3) is 3.67. The number of allylic oxidation sites excluding steroid dienone is 1. The van der Waals surface area contributed by atoms with Crippen molar-refractivity contribution in [3.05, 3.63) is 89.4 Å². The van der Waals surface area contributed by atoms with Crippen molar-refractivity contribution >= 4 is 45.6 Å². The summed E-state index contributed by atoms with van der Waals surface area (Å²) in [5, 5.41) is 3.05. The van der Waals surface area contributed by atoms with Crippen LogP contribution < -0.4 is 14.9 Å². The van der Waals surface area contributed by atoms with Gasteiger partial charge in [0.15, 0.2) is 4.80 Å². The SMILES string of the molecule is CCOC(=O)C1=C(C)N=c2s/c(=C\c3cn(C(C)C)c4ccccc34)c(=O)n2[C@H]1c1cccs1. The molecular formula is C26H25N3O3S2. The van der Waals surface area contributed by atoms with Gasteiger partial charge < -0.3 is 9.30 Å². The van der Waals surface area contributed by atoms with Gasteiger partial charge in [-0.2, -0.15) is 0 Å². The fourth-order valence-corrected chi connectivity index (χ4v) is 6.28. The molecule has 1 atom stereocenters. The maximum Gasteiger partial charge on any atom is 0.338 e. The number of fused-ring (bicyclic) bond motifs is 2. The molecule has 174 valence electrons. The number of thiazole rings is 1. The van der Waals surface area contributed by atoms with Gasteiger partial charge >= 0.3 is 5.97 Å². The molecule has 4 heterocycles. The maximum absolute atomic E-state index is 13.7. The van der Waals surface area contributed by atoms with E-state index in [1.807, 2.05) is 35.7 Å². The molecule has 0 saturated carbocycles. The van der Waals surface area contributed by atoms with Crippen LogP contribution >= 0.6 is 22.7 Å². The van der Waals surface area contributed by atoms with Crippen LogP contribution in [0.5, 0.6) is 0 Å². The van der Waals surface area contributed by atoms with Gasteiger partial charge in [-0.3, -0.25) is 9.36 Å². The van der Waals surface area contributed by atoms with Gasteiger partial charge in [-0.05, 0) is 51.3 Å². The molecule has 0 aliphatic carbocycles. The molecule has 34 heavy (non-hydrogen) atoms. The van der Waals surface area contributed by atoms with E-state index >= 15 is 0 Å². The standard InChI is InChI=1S/C26H25N3O3S2/c1-5-32-25(31)22-16(4)27-26-29(23(22)20-11-8-12-33-20)24(30)21(34-26)13-17-14-28(15(2)3)19-10-7-6-9-18(17)19/h6-15,23H,5H2,1-4H3/b21-13-/t23-/m0/s1. The van der Waals surface area contributed by atoms with Crippen molar-refractivity contribution in [1.29, 1.82) is 0 Å². The number of carbonyl (C=O) groups excluding carboxylic acids is 1. The molecule has 0 fully saturated rings. The van der Waals surface area contributed by atoms with Crippen LogP contribution in [0.4, 0.5) is 0 Å². The topological polar surface area (TPSA) is 65.6 Å². The van der Waals surface area contributed by atoms with Crippen LogP contribution in [0, 0.1) is 0 Å².